The summed E-state index contributed by atoms with van der Waals surface area (Å²) in [6.45, 7) is 15.6. The molecule has 0 radical (unpaired) electrons. The molecule has 0 aliphatic carbocycles. The minimum absolute atomic E-state index is 0.939. The van der Waals surface area contributed by atoms with Gasteiger partial charge in [0.1, 0.15) is 0 Å². The van der Waals surface area contributed by atoms with Crippen molar-refractivity contribution in [2.45, 2.75) is 18.7 Å². The average molecular weight is 282 g/mol. The van der Waals surface area contributed by atoms with Crippen molar-refractivity contribution >= 4 is 17.3 Å². The van der Waals surface area contributed by atoms with Crippen molar-refractivity contribution in [2.24, 2.45) is 0 Å². The van der Waals surface area contributed by atoms with E-state index in [-0.39, 0.29) is 0 Å². The molecule has 0 bridgehead atoms. The molecule has 0 aromatic heterocycles. The summed E-state index contributed by atoms with van der Waals surface area (Å²) in [7, 11) is 0. The van der Waals surface area contributed by atoms with Crippen molar-refractivity contribution in [1.29, 1.82) is 0 Å². The Balaban J connectivity index is 2.55. The average Bonchev–Trinajstić information content (AvgIpc) is 2.42. The zero-order valence-corrected chi connectivity index (χ0v) is 13.2. The van der Waals surface area contributed by atoms with Gasteiger partial charge in [-0.05, 0) is 37.1 Å². The first kappa shape index (κ1) is 16.3. The maximum Gasteiger partial charge on any atom is 0.0164 e. The molecule has 0 saturated heterocycles. The largest absolute Gasteiger partial charge is 0.122 e. The van der Waals surface area contributed by atoms with Crippen LogP contribution in [0.5, 0.6) is 0 Å². The molecule has 0 aliphatic rings. The molecule has 0 spiro atoms. The summed E-state index contributed by atoms with van der Waals surface area (Å²) < 4.78 is 0. The van der Waals surface area contributed by atoms with Crippen LogP contribution in [0.4, 0.5) is 0 Å². The fourth-order valence-electron chi connectivity index (χ4n) is 1.62. The van der Waals surface area contributed by atoms with Gasteiger partial charge in [-0.15, -0.1) is 11.8 Å². The highest BCUT2D eigenvalue weighted by molar-refractivity contribution is 7.99. The van der Waals surface area contributed by atoms with Crippen LogP contribution in [0.25, 0.3) is 5.57 Å². The number of rotatable bonds is 7. The standard InChI is InChI=1S/C19H22S/c1-6-8-17(15(2)3)9-7-14-20-19-12-10-18(11-13-19)16(4)5/h6-13H,1-2,4,14H2,3,5H3/b9-7-,17-8+. The highest BCUT2D eigenvalue weighted by Gasteiger charge is 1.95. The fraction of sp³-hybridized carbons (Fsp3) is 0.158. The van der Waals surface area contributed by atoms with Gasteiger partial charge < -0.3 is 0 Å². The van der Waals surface area contributed by atoms with Crippen LogP contribution in [0.2, 0.25) is 0 Å². The molecule has 0 atom stereocenters. The first-order chi connectivity index (χ1) is 9.54. The Morgan fingerprint density at radius 3 is 2.30 bits per heavy atom. The second kappa shape index (κ2) is 8.44. The summed E-state index contributed by atoms with van der Waals surface area (Å²) >= 11 is 1.81. The molecular weight excluding hydrogens is 260 g/mol. The van der Waals surface area contributed by atoms with Crippen LogP contribution in [0.3, 0.4) is 0 Å². The normalized spacial score (nSPS) is 11.6. The van der Waals surface area contributed by atoms with Crippen molar-refractivity contribution in [2.75, 3.05) is 5.75 Å². The lowest BCUT2D eigenvalue weighted by Gasteiger charge is -2.02. The van der Waals surface area contributed by atoms with Crippen LogP contribution in [0.15, 0.2) is 84.3 Å². The Kier molecular flexibility index (Phi) is 6.89. The van der Waals surface area contributed by atoms with Crippen LogP contribution >= 0.6 is 11.8 Å². The van der Waals surface area contributed by atoms with Crippen LogP contribution in [0.1, 0.15) is 19.4 Å². The maximum atomic E-state index is 3.95. The highest BCUT2D eigenvalue weighted by Crippen LogP contribution is 2.21. The second-order valence-electron chi connectivity index (χ2n) is 4.66. The number of hydrogen-bond acceptors (Lipinski definition) is 1. The van der Waals surface area contributed by atoms with E-state index in [4.69, 9.17) is 0 Å². The summed E-state index contributed by atoms with van der Waals surface area (Å²) in [6.07, 6.45) is 8.02. The van der Waals surface area contributed by atoms with Crippen LogP contribution in [-0.2, 0) is 0 Å². The van der Waals surface area contributed by atoms with Gasteiger partial charge in [0, 0.05) is 10.6 Å². The van der Waals surface area contributed by atoms with E-state index in [1.54, 1.807) is 6.08 Å². The molecule has 0 unspecified atom stereocenters. The molecule has 0 saturated carbocycles. The van der Waals surface area contributed by atoms with E-state index in [0.29, 0.717) is 0 Å². The molecule has 0 fully saturated rings. The first-order valence-corrected chi connectivity index (χ1v) is 7.57. The molecule has 1 heteroatoms. The lowest BCUT2D eigenvalue weighted by atomic mass is 10.1. The molecule has 0 heterocycles. The number of allylic oxidation sites excluding steroid dienone is 6. The molecular formula is C19H22S. The van der Waals surface area contributed by atoms with Gasteiger partial charge in [0.05, 0.1) is 0 Å². The van der Waals surface area contributed by atoms with Gasteiger partial charge in [0.2, 0.25) is 0 Å². The molecule has 1 aromatic rings. The minimum Gasteiger partial charge on any atom is -0.122 e. The van der Waals surface area contributed by atoms with Crippen molar-refractivity contribution in [1.82, 2.24) is 0 Å². The Hall–Kier alpha value is -1.73. The zero-order chi connectivity index (χ0) is 15.0. The predicted molar refractivity (Wildman–Crippen MR) is 94.1 cm³/mol. The van der Waals surface area contributed by atoms with Gasteiger partial charge in [-0.3, -0.25) is 0 Å². The Morgan fingerprint density at radius 2 is 1.80 bits per heavy atom. The number of thioether (sulfide) groups is 1. The molecule has 104 valence electrons. The van der Waals surface area contributed by atoms with Gasteiger partial charge in [0.15, 0.2) is 0 Å². The first-order valence-electron chi connectivity index (χ1n) is 6.58. The van der Waals surface area contributed by atoms with E-state index in [1.165, 1.54) is 10.5 Å². The lowest BCUT2D eigenvalue weighted by molar-refractivity contribution is 1.42. The molecule has 0 N–H and O–H groups in total. The van der Waals surface area contributed by atoms with Crippen molar-refractivity contribution in [3.8, 4) is 0 Å². The van der Waals surface area contributed by atoms with E-state index in [0.717, 1.165) is 22.5 Å². The number of benzene rings is 1. The van der Waals surface area contributed by atoms with E-state index < -0.39 is 0 Å². The smallest absolute Gasteiger partial charge is 0.0164 e. The van der Waals surface area contributed by atoms with E-state index in [9.17, 15) is 0 Å². The topological polar surface area (TPSA) is 0 Å². The Morgan fingerprint density at radius 1 is 1.15 bits per heavy atom. The molecule has 20 heavy (non-hydrogen) atoms. The summed E-state index contributed by atoms with van der Waals surface area (Å²) in [5, 5.41) is 0. The third-order valence-corrected chi connectivity index (χ3v) is 3.75. The molecule has 0 nitrogen and oxygen atoms in total. The number of hydrogen-bond donors (Lipinski definition) is 0. The Labute approximate surface area is 127 Å². The lowest BCUT2D eigenvalue weighted by Crippen LogP contribution is -1.81. The second-order valence-corrected chi connectivity index (χ2v) is 5.75. The summed E-state index contributed by atoms with van der Waals surface area (Å²) in [4.78, 5) is 1.27. The van der Waals surface area contributed by atoms with E-state index >= 15 is 0 Å². The SMILES string of the molecule is C=C/C=C(\C=C/CSc1ccc(C(=C)C)cc1)C(=C)C. The minimum atomic E-state index is 0.939. The molecule has 1 rings (SSSR count). The van der Waals surface area contributed by atoms with Gasteiger partial charge in [-0.1, -0.05) is 67.3 Å². The van der Waals surface area contributed by atoms with Crippen LogP contribution in [-0.4, -0.2) is 5.75 Å². The van der Waals surface area contributed by atoms with Gasteiger partial charge >= 0.3 is 0 Å². The van der Waals surface area contributed by atoms with Crippen molar-refractivity contribution < 1.29 is 0 Å². The predicted octanol–water partition coefficient (Wildman–Crippen LogP) is 6.06. The van der Waals surface area contributed by atoms with Gasteiger partial charge in [-0.2, -0.15) is 0 Å². The van der Waals surface area contributed by atoms with E-state index in [2.05, 4.69) is 56.2 Å². The summed E-state index contributed by atoms with van der Waals surface area (Å²) in [5.41, 5.74) is 4.47. The maximum absolute atomic E-state index is 3.95. The van der Waals surface area contributed by atoms with Crippen molar-refractivity contribution in [3.63, 3.8) is 0 Å². The fourth-order valence-corrected chi connectivity index (χ4v) is 2.34. The zero-order valence-electron chi connectivity index (χ0n) is 12.4. The van der Waals surface area contributed by atoms with Crippen LogP contribution in [0, 0.1) is 0 Å². The highest BCUT2D eigenvalue weighted by atomic mass is 32.2. The Bertz CT molecular complexity index is 542. The summed E-state index contributed by atoms with van der Waals surface area (Å²) in [5.74, 6) is 0.939. The van der Waals surface area contributed by atoms with Crippen LogP contribution < -0.4 is 0 Å². The monoisotopic (exact) mass is 282 g/mol. The third-order valence-electron chi connectivity index (χ3n) is 2.78. The van der Waals surface area contributed by atoms with Crippen molar-refractivity contribution in [3.05, 3.63) is 85.0 Å². The van der Waals surface area contributed by atoms with Gasteiger partial charge in [-0.25, -0.2) is 0 Å². The molecule has 1 aromatic carbocycles. The van der Waals surface area contributed by atoms with E-state index in [1.807, 2.05) is 31.7 Å². The molecule has 0 amide bonds. The third kappa shape index (κ3) is 5.50. The molecule has 0 aliphatic heterocycles. The summed E-state index contributed by atoms with van der Waals surface area (Å²) in [6, 6.07) is 8.51. The van der Waals surface area contributed by atoms with Gasteiger partial charge in [0.25, 0.3) is 0 Å². The quantitative estimate of drug-likeness (QED) is 0.433.